The van der Waals surface area contributed by atoms with Crippen molar-refractivity contribution in [2.24, 2.45) is 0 Å². The Kier molecular flexibility index (Phi) is 4.01. The number of amides is 1. The maximum Gasteiger partial charge on any atom is 0.242 e. The SMILES string of the molecule is Cc1ccc(N)c(C)c1NC(=O)C(C)S(C)(=O)=O. The molecule has 3 N–H and O–H groups in total. The Morgan fingerprint density at radius 2 is 1.89 bits per heavy atom. The van der Waals surface area contributed by atoms with Gasteiger partial charge in [-0.05, 0) is 38.0 Å². The summed E-state index contributed by atoms with van der Waals surface area (Å²) in [6.45, 7) is 4.97. The first-order chi connectivity index (χ1) is 8.14. The topological polar surface area (TPSA) is 89.3 Å². The maximum absolute atomic E-state index is 11.8. The van der Waals surface area contributed by atoms with Crippen molar-refractivity contribution in [3.05, 3.63) is 23.3 Å². The Hall–Kier alpha value is -1.56. The van der Waals surface area contributed by atoms with E-state index in [-0.39, 0.29) is 0 Å². The molecule has 0 saturated carbocycles. The molecular weight excluding hydrogens is 252 g/mol. The lowest BCUT2D eigenvalue weighted by atomic mass is 10.1. The molecule has 0 aromatic heterocycles. The van der Waals surface area contributed by atoms with Gasteiger partial charge in [0, 0.05) is 17.6 Å². The Bertz CT molecular complexity index is 579. The van der Waals surface area contributed by atoms with Gasteiger partial charge in [-0.25, -0.2) is 8.42 Å². The number of nitrogens with two attached hydrogens (primary N) is 1. The van der Waals surface area contributed by atoms with Crippen LogP contribution in [0.3, 0.4) is 0 Å². The van der Waals surface area contributed by atoms with Gasteiger partial charge in [0.05, 0.1) is 0 Å². The van der Waals surface area contributed by atoms with Gasteiger partial charge in [-0.2, -0.15) is 0 Å². The molecule has 0 aliphatic rings. The third-order valence-corrected chi connectivity index (χ3v) is 4.47. The fraction of sp³-hybridized carbons (Fsp3) is 0.417. The monoisotopic (exact) mass is 270 g/mol. The largest absolute Gasteiger partial charge is 0.398 e. The normalized spacial score (nSPS) is 13.1. The van der Waals surface area contributed by atoms with Crippen molar-refractivity contribution in [1.29, 1.82) is 0 Å². The zero-order valence-electron chi connectivity index (χ0n) is 10.9. The smallest absolute Gasteiger partial charge is 0.242 e. The molecule has 0 aliphatic carbocycles. The van der Waals surface area contributed by atoms with Gasteiger partial charge in [0.1, 0.15) is 5.25 Å². The number of hydrogen-bond acceptors (Lipinski definition) is 4. The molecule has 100 valence electrons. The van der Waals surface area contributed by atoms with Crippen LogP contribution in [0.4, 0.5) is 11.4 Å². The van der Waals surface area contributed by atoms with Crippen LogP contribution in [0.15, 0.2) is 12.1 Å². The van der Waals surface area contributed by atoms with Crippen LogP contribution in [0.1, 0.15) is 18.1 Å². The molecule has 0 bridgehead atoms. The molecule has 0 saturated heterocycles. The number of aryl methyl sites for hydroxylation is 1. The Morgan fingerprint density at radius 3 is 2.39 bits per heavy atom. The summed E-state index contributed by atoms with van der Waals surface area (Å²) in [5, 5.41) is 1.54. The minimum absolute atomic E-state index is 0.547. The van der Waals surface area contributed by atoms with Gasteiger partial charge in [-0.15, -0.1) is 0 Å². The highest BCUT2D eigenvalue weighted by Crippen LogP contribution is 2.25. The molecule has 18 heavy (non-hydrogen) atoms. The molecule has 0 aliphatic heterocycles. The number of nitrogens with one attached hydrogen (secondary N) is 1. The van der Waals surface area contributed by atoms with E-state index < -0.39 is 21.0 Å². The minimum atomic E-state index is -3.40. The molecule has 1 unspecified atom stereocenters. The van der Waals surface area contributed by atoms with Gasteiger partial charge in [0.2, 0.25) is 5.91 Å². The van der Waals surface area contributed by atoms with Crippen LogP contribution in [0, 0.1) is 13.8 Å². The van der Waals surface area contributed by atoms with Gasteiger partial charge >= 0.3 is 0 Å². The van der Waals surface area contributed by atoms with E-state index in [1.165, 1.54) is 6.92 Å². The van der Waals surface area contributed by atoms with E-state index in [0.29, 0.717) is 11.4 Å². The summed E-state index contributed by atoms with van der Waals surface area (Å²) in [5.74, 6) is -0.547. The third-order valence-electron chi connectivity index (χ3n) is 2.97. The van der Waals surface area contributed by atoms with Gasteiger partial charge in [-0.3, -0.25) is 4.79 Å². The molecule has 1 aromatic carbocycles. The third kappa shape index (κ3) is 3.01. The van der Waals surface area contributed by atoms with E-state index in [0.717, 1.165) is 17.4 Å². The molecular formula is C12H18N2O3S. The summed E-state index contributed by atoms with van der Waals surface area (Å²) in [7, 11) is -3.40. The quantitative estimate of drug-likeness (QED) is 0.809. The molecule has 1 amide bonds. The highest BCUT2D eigenvalue weighted by atomic mass is 32.2. The standard InChI is InChI=1S/C12H18N2O3S/c1-7-5-6-10(13)8(2)11(7)14-12(15)9(3)18(4,16)17/h5-6,9H,13H2,1-4H3,(H,14,15). The number of anilines is 2. The lowest BCUT2D eigenvalue weighted by Gasteiger charge is -2.15. The van der Waals surface area contributed by atoms with E-state index in [9.17, 15) is 13.2 Å². The van der Waals surface area contributed by atoms with Gasteiger partial charge in [0.15, 0.2) is 9.84 Å². The van der Waals surface area contributed by atoms with Crippen LogP contribution in [0.5, 0.6) is 0 Å². The van der Waals surface area contributed by atoms with Crippen molar-refractivity contribution >= 4 is 27.1 Å². The average molecular weight is 270 g/mol. The fourth-order valence-corrected chi connectivity index (χ4v) is 1.92. The van der Waals surface area contributed by atoms with Crippen LogP contribution in [-0.4, -0.2) is 25.8 Å². The Morgan fingerprint density at radius 1 is 1.33 bits per heavy atom. The summed E-state index contributed by atoms with van der Waals surface area (Å²) in [6.07, 6.45) is 1.04. The number of rotatable bonds is 3. The maximum atomic E-state index is 11.8. The van der Waals surface area contributed by atoms with Crippen molar-refractivity contribution in [3.8, 4) is 0 Å². The van der Waals surface area contributed by atoms with Crippen LogP contribution < -0.4 is 11.1 Å². The molecule has 0 spiro atoms. The molecule has 1 rings (SSSR count). The second kappa shape index (κ2) is 4.97. The predicted octanol–water partition coefficient (Wildman–Crippen LogP) is 1.26. The van der Waals surface area contributed by atoms with E-state index in [2.05, 4.69) is 5.32 Å². The lowest BCUT2D eigenvalue weighted by molar-refractivity contribution is -0.115. The second-order valence-electron chi connectivity index (χ2n) is 4.43. The van der Waals surface area contributed by atoms with Crippen LogP contribution in [0.2, 0.25) is 0 Å². The summed E-state index contributed by atoms with van der Waals surface area (Å²) in [6, 6.07) is 3.53. The average Bonchev–Trinajstić information content (AvgIpc) is 2.27. The zero-order chi connectivity index (χ0) is 14.1. The van der Waals surface area contributed by atoms with E-state index in [4.69, 9.17) is 5.73 Å². The highest BCUT2D eigenvalue weighted by Gasteiger charge is 2.24. The van der Waals surface area contributed by atoms with Crippen LogP contribution >= 0.6 is 0 Å². The number of benzene rings is 1. The summed E-state index contributed by atoms with van der Waals surface area (Å²) in [5.41, 5.74) is 8.48. The molecule has 0 fully saturated rings. The zero-order valence-corrected chi connectivity index (χ0v) is 11.8. The van der Waals surface area contributed by atoms with E-state index in [1.54, 1.807) is 19.1 Å². The first-order valence-corrected chi connectivity index (χ1v) is 7.45. The number of carbonyl (C=O) groups excluding carboxylic acids is 1. The molecule has 0 radical (unpaired) electrons. The van der Waals surface area contributed by atoms with Gasteiger partial charge < -0.3 is 11.1 Å². The summed E-state index contributed by atoms with van der Waals surface area (Å²) >= 11 is 0. The van der Waals surface area contributed by atoms with Crippen molar-refractivity contribution in [2.45, 2.75) is 26.0 Å². The van der Waals surface area contributed by atoms with Crippen molar-refractivity contribution in [2.75, 3.05) is 17.3 Å². The van der Waals surface area contributed by atoms with Crippen molar-refractivity contribution < 1.29 is 13.2 Å². The number of nitrogen functional groups attached to an aromatic ring is 1. The van der Waals surface area contributed by atoms with Crippen molar-refractivity contribution in [3.63, 3.8) is 0 Å². The first kappa shape index (κ1) is 14.5. The highest BCUT2D eigenvalue weighted by molar-refractivity contribution is 7.92. The second-order valence-corrected chi connectivity index (χ2v) is 6.80. The molecule has 0 heterocycles. The fourth-order valence-electron chi connectivity index (χ4n) is 1.47. The van der Waals surface area contributed by atoms with Crippen LogP contribution in [-0.2, 0) is 14.6 Å². The molecule has 6 heteroatoms. The molecule has 1 atom stereocenters. The first-order valence-electron chi connectivity index (χ1n) is 5.50. The Balaban J connectivity index is 3.07. The molecule has 5 nitrogen and oxygen atoms in total. The summed E-state index contributed by atoms with van der Waals surface area (Å²) < 4.78 is 22.6. The number of carbonyl (C=O) groups is 1. The minimum Gasteiger partial charge on any atom is -0.398 e. The molecule has 1 aromatic rings. The predicted molar refractivity (Wildman–Crippen MR) is 73.3 cm³/mol. The number of sulfone groups is 1. The van der Waals surface area contributed by atoms with Crippen LogP contribution in [0.25, 0.3) is 0 Å². The Labute approximate surface area is 107 Å². The van der Waals surface area contributed by atoms with Gasteiger partial charge in [-0.1, -0.05) is 6.07 Å². The van der Waals surface area contributed by atoms with E-state index >= 15 is 0 Å². The van der Waals surface area contributed by atoms with Crippen molar-refractivity contribution in [1.82, 2.24) is 0 Å². The van der Waals surface area contributed by atoms with E-state index in [1.807, 2.05) is 6.92 Å². The van der Waals surface area contributed by atoms with Gasteiger partial charge in [0.25, 0.3) is 0 Å². The number of hydrogen-bond donors (Lipinski definition) is 2. The summed E-state index contributed by atoms with van der Waals surface area (Å²) in [4.78, 5) is 11.8. The lowest BCUT2D eigenvalue weighted by Crippen LogP contribution is -2.32.